The Balaban J connectivity index is 1.57. The zero-order valence-corrected chi connectivity index (χ0v) is 17.4. The molecule has 3 aromatic rings. The van der Waals surface area contributed by atoms with Crippen LogP contribution in [0.5, 0.6) is 0 Å². The fourth-order valence-electron chi connectivity index (χ4n) is 3.80. The van der Waals surface area contributed by atoms with Crippen LogP contribution in [0.3, 0.4) is 0 Å². The molecule has 29 heavy (non-hydrogen) atoms. The molecular formula is C23H24N2O3S. The molecule has 2 atom stereocenters. The average molecular weight is 409 g/mol. The number of ether oxygens (including phenoxy) is 1. The number of amides is 1. The summed E-state index contributed by atoms with van der Waals surface area (Å²) in [6, 6.07) is 11.5. The number of nitrogens with one attached hydrogen (secondary N) is 1. The molecule has 2 aromatic heterocycles. The summed E-state index contributed by atoms with van der Waals surface area (Å²) in [6.07, 6.45) is 1.86. The molecule has 5 nitrogen and oxygen atoms in total. The van der Waals surface area contributed by atoms with Crippen LogP contribution >= 0.6 is 11.3 Å². The summed E-state index contributed by atoms with van der Waals surface area (Å²) in [4.78, 5) is 31.4. The van der Waals surface area contributed by atoms with E-state index in [4.69, 9.17) is 9.72 Å². The number of thiophene rings is 1. The third kappa shape index (κ3) is 4.17. The lowest BCUT2D eigenvalue weighted by molar-refractivity contribution is -0.129. The van der Waals surface area contributed by atoms with Gasteiger partial charge in [-0.2, -0.15) is 0 Å². The highest BCUT2D eigenvalue weighted by atomic mass is 32.1. The van der Waals surface area contributed by atoms with Gasteiger partial charge in [-0.05, 0) is 55.2 Å². The Morgan fingerprint density at radius 2 is 2.10 bits per heavy atom. The van der Waals surface area contributed by atoms with Gasteiger partial charge >= 0.3 is 5.97 Å². The number of fused-ring (bicyclic) bond motifs is 2. The van der Waals surface area contributed by atoms with Crippen LogP contribution in [0.1, 0.15) is 46.8 Å². The first-order chi connectivity index (χ1) is 14.0. The Bertz CT molecular complexity index is 1050. The van der Waals surface area contributed by atoms with E-state index in [1.807, 2.05) is 41.8 Å². The van der Waals surface area contributed by atoms with Crippen molar-refractivity contribution < 1.29 is 14.3 Å². The van der Waals surface area contributed by atoms with Gasteiger partial charge in [0.25, 0.3) is 5.91 Å². The van der Waals surface area contributed by atoms with E-state index in [2.05, 4.69) is 12.2 Å². The number of aromatic nitrogens is 1. The normalized spacial score (nSPS) is 16.8. The van der Waals surface area contributed by atoms with Crippen LogP contribution in [0.15, 0.2) is 41.8 Å². The number of aryl methyl sites for hydroxylation is 1. The highest BCUT2D eigenvalue weighted by molar-refractivity contribution is 7.09. The number of hydrogen-bond donors (Lipinski definition) is 1. The lowest BCUT2D eigenvalue weighted by Crippen LogP contribution is -2.35. The Hall–Kier alpha value is -2.73. The third-order valence-electron chi connectivity index (χ3n) is 5.38. The van der Waals surface area contributed by atoms with Gasteiger partial charge in [0.1, 0.15) is 0 Å². The van der Waals surface area contributed by atoms with E-state index >= 15 is 0 Å². The van der Waals surface area contributed by atoms with Crippen molar-refractivity contribution in [1.82, 2.24) is 10.3 Å². The maximum absolute atomic E-state index is 13.2. The van der Waals surface area contributed by atoms with E-state index in [0.29, 0.717) is 18.0 Å². The van der Waals surface area contributed by atoms with Gasteiger partial charge in [0.15, 0.2) is 6.10 Å². The predicted molar refractivity (Wildman–Crippen MR) is 114 cm³/mol. The molecule has 1 N–H and O–H groups in total. The monoisotopic (exact) mass is 408 g/mol. The molecule has 0 bridgehead atoms. The minimum absolute atomic E-state index is 0.299. The van der Waals surface area contributed by atoms with Crippen molar-refractivity contribution in [3.05, 3.63) is 63.5 Å². The molecule has 4 rings (SSSR count). The van der Waals surface area contributed by atoms with E-state index in [0.717, 1.165) is 46.3 Å². The Morgan fingerprint density at radius 1 is 1.28 bits per heavy atom. The van der Waals surface area contributed by atoms with Gasteiger partial charge in [-0.25, -0.2) is 4.79 Å². The van der Waals surface area contributed by atoms with Gasteiger partial charge in [-0.3, -0.25) is 9.78 Å². The summed E-state index contributed by atoms with van der Waals surface area (Å²) in [6.45, 7) is 4.23. The van der Waals surface area contributed by atoms with Gasteiger partial charge in [0, 0.05) is 16.0 Å². The van der Waals surface area contributed by atoms with E-state index in [1.54, 1.807) is 18.3 Å². The molecule has 0 fully saturated rings. The number of hydrogen-bond acceptors (Lipinski definition) is 5. The number of nitrogens with zero attached hydrogens (tertiary/aromatic N) is 1. The summed E-state index contributed by atoms with van der Waals surface area (Å²) in [7, 11) is 0. The van der Waals surface area contributed by atoms with Crippen LogP contribution in [0.2, 0.25) is 0 Å². The molecule has 0 saturated carbocycles. The number of rotatable bonds is 5. The summed E-state index contributed by atoms with van der Waals surface area (Å²) in [5.74, 6) is -0.261. The molecule has 0 spiro atoms. The van der Waals surface area contributed by atoms with Gasteiger partial charge in [0.2, 0.25) is 0 Å². The zero-order chi connectivity index (χ0) is 20.4. The standard InChI is InChI=1S/C23H24N2O3S/c1-14-9-10-20-18(12-14)21(17-7-3-4-8-19(17)25-20)23(27)28-15(2)22(26)24-13-16-6-5-11-29-16/h3-8,11,14-15H,9-10,12-13H2,1-2H3,(H,24,26)/t14-,15+/m0/s1. The van der Waals surface area contributed by atoms with Crippen LogP contribution in [-0.2, 0) is 28.9 Å². The summed E-state index contributed by atoms with van der Waals surface area (Å²) in [5.41, 5.74) is 3.31. The second kappa shape index (κ2) is 8.33. The van der Waals surface area contributed by atoms with E-state index in [1.165, 1.54) is 0 Å². The van der Waals surface area contributed by atoms with E-state index < -0.39 is 12.1 Å². The summed E-state index contributed by atoms with van der Waals surface area (Å²) >= 11 is 1.58. The molecule has 2 heterocycles. The second-order valence-electron chi connectivity index (χ2n) is 7.62. The summed E-state index contributed by atoms with van der Waals surface area (Å²) in [5, 5.41) is 5.58. The Morgan fingerprint density at radius 3 is 2.90 bits per heavy atom. The number of esters is 1. The first kappa shape index (κ1) is 19.6. The number of para-hydroxylation sites is 1. The number of benzene rings is 1. The van der Waals surface area contributed by atoms with Crippen LogP contribution in [0.25, 0.3) is 10.9 Å². The smallest absolute Gasteiger partial charge is 0.339 e. The Labute approximate surface area is 174 Å². The molecule has 0 radical (unpaired) electrons. The minimum atomic E-state index is -0.869. The predicted octanol–water partition coefficient (Wildman–Crippen LogP) is 4.28. The van der Waals surface area contributed by atoms with Crippen LogP contribution in [-0.4, -0.2) is 23.0 Å². The molecule has 0 saturated heterocycles. The number of carbonyl (C=O) groups excluding carboxylic acids is 2. The minimum Gasteiger partial charge on any atom is -0.449 e. The van der Waals surface area contributed by atoms with Crippen LogP contribution in [0, 0.1) is 5.92 Å². The largest absolute Gasteiger partial charge is 0.449 e. The number of pyridine rings is 1. The van der Waals surface area contributed by atoms with Gasteiger partial charge in [-0.1, -0.05) is 31.2 Å². The maximum atomic E-state index is 13.2. The first-order valence-corrected chi connectivity index (χ1v) is 10.8. The lowest BCUT2D eigenvalue weighted by atomic mass is 9.84. The van der Waals surface area contributed by atoms with Crippen molar-refractivity contribution in [3.8, 4) is 0 Å². The quantitative estimate of drug-likeness (QED) is 0.640. The molecule has 1 amide bonds. The summed E-state index contributed by atoms with van der Waals surface area (Å²) < 4.78 is 5.60. The van der Waals surface area contributed by atoms with Crippen LogP contribution < -0.4 is 5.32 Å². The fourth-order valence-corrected chi connectivity index (χ4v) is 4.44. The van der Waals surface area contributed by atoms with Crippen molar-refractivity contribution in [1.29, 1.82) is 0 Å². The molecule has 6 heteroatoms. The van der Waals surface area contributed by atoms with Crippen molar-refractivity contribution >= 4 is 34.1 Å². The zero-order valence-electron chi connectivity index (χ0n) is 16.6. The molecule has 1 aliphatic carbocycles. The van der Waals surface area contributed by atoms with Crippen molar-refractivity contribution in [2.24, 2.45) is 5.92 Å². The third-order valence-corrected chi connectivity index (χ3v) is 6.26. The first-order valence-electron chi connectivity index (χ1n) is 9.94. The topological polar surface area (TPSA) is 68.3 Å². The number of carbonyl (C=O) groups is 2. The van der Waals surface area contributed by atoms with Crippen molar-refractivity contribution in [2.75, 3.05) is 0 Å². The molecular weight excluding hydrogens is 384 g/mol. The van der Waals surface area contributed by atoms with E-state index in [-0.39, 0.29) is 5.91 Å². The van der Waals surface area contributed by atoms with Gasteiger partial charge in [-0.15, -0.1) is 11.3 Å². The highest BCUT2D eigenvalue weighted by Crippen LogP contribution is 2.32. The highest BCUT2D eigenvalue weighted by Gasteiger charge is 2.28. The van der Waals surface area contributed by atoms with E-state index in [9.17, 15) is 9.59 Å². The van der Waals surface area contributed by atoms with Crippen molar-refractivity contribution in [2.45, 2.75) is 45.8 Å². The molecule has 150 valence electrons. The maximum Gasteiger partial charge on any atom is 0.339 e. The molecule has 1 aromatic carbocycles. The molecule has 0 unspecified atom stereocenters. The second-order valence-corrected chi connectivity index (χ2v) is 8.65. The SMILES string of the molecule is C[C@H]1CCc2nc3ccccc3c(C(=O)O[C@H](C)C(=O)NCc3cccs3)c2C1. The molecule has 0 aliphatic heterocycles. The van der Waals surface area contributed by atoms with Gasteiger partial charge in [0.05, 0.1) is 17.6 Å². The average Bonchev–Trinajstić information content (AvgIpc) is 3.23. The Kier molecular flexibility index (Phi) is 5.62. The fraction of sp³-hybridized carbons (Fsp3) is 0.348. The lowest BCUT2D eigenvalue weighted by Gasteiger charge is -2.24. The molecule has 1 aliphatic rings. The van der Waals surface area contributed by atoms with Gasteiger partial charge < -0.3 is 10.1 Å². The van der Waals surface area contributed by atoms with Crippen LogP contribution in [0.4, 0.5) is 0 Å². The van der Waals surface area contributed by atoms with Crippen molar-refractivity contribution in [3.63, 3.8) is 0 Å².